The van der Waals surface area contributed by atoms with Gasteiger partial charge in [-0.2, -0.15) is 4.98 Å². The van der Waals surface area contributed by atoms with E-state index >= 15 is 0 Å². The highest BCUT2D eigenvalue weighted by Crippen LogP contribution is 2.24. The number of halogens is 1. The van der Waals surface area contributed by atoms with E-state index in [2.05, 4.69) is 25.5 Å². The molecule has 1 aromatic heterocycles. The number of nitrogens with one attached hydrogen (secondary N) is 2. The third kappa shape index (κ3) is 2.97. The third-order valence-corrected chi connectivity index (χ3v) is 4.20. The number of anilines is 2. The zero-order valence-electron chi connectivity index (χ0n) is 11.6. The van der Waals surface area contributed by atoms with Crippen molar-refractivity contribution in [3.8, 4) is 0 Å². The highest BCUT2D eigenvalue weighted by Gasteiger charge is 2.32. The molecule has 0 radical (unpaired) electrons. The van der Waals surface area contributed by atoms with Crippen molar-refractivity contribution in [2.45, 2.75) is 25.0 Å². The second-order valence-corrected chi connectivity index (χ2v) is 5.67. The summed E-state index contributed by atoms with van der Waals surface area (Å²) < 4.78 is 5.90. The van der Waals surface area contributed by atoms with E-state index < -0.39 is 0 Å². The van der Waals surface area contributed by atoms with Gasteiger partial charge < -0.3 is 15.4 Å². The summed E-state index contributed by atoms with van der Waals surface area (Å²) in [5.74, 6) is 1.21. The normalized spacial score (nSPS) is 26.3. The Bertz CT molecular complexity index is 472. The van der Waals surface area contributed by atoms with E-state index in [-0.39, 0.29) is 6.10 Å². The third-order valence-electron chi connectivity index (χ3n) is 3.93. The lowest BCUT2D eigenvalue weighted by Gasteiger charge is -2.35. The van der Waals surface area contributed by atoms with Crippen LogP contribution >= 0.6 is 11.6 Å². The van der Waals surface area contributed by atoms with Crippen LogP contribution in [0.1, 0.15) is 12.8 Å². The van der Waals surface area contributed by atoms with Crippen molar-refractivity contribution in [1.82, 2.24) is 14.9 Å². The van der Waals surface area contributed by atoms with E-state index in [4.69, 9.17) is 16.3 Å². The fourth-order valence-electron chi connectivity index (χ4n) is 2.83. The molecular formula is C13H20ClN5O. The van der Waals surface area contributed by atoms with Crippen molar-refractivity contribution in [3.05, 3.63) is 11.2 Å². The lowest BCUT2D eigenvalue weighted by atomic mass is 10.2. The summed E-state index contributed by atoms with van der Waals surface area (Å²) in [7, 11) is 1.78. The second kappa shape index (κ2) is 6.11. The van der Waals surface area contributed by atoms with Crippen molar-refractivity contribution in [2.75, 3.05) is 43.9 Å². The zero-order chi connectivity index (χ0) is 13.9. The van der Waals surface area contributed by atoms with Gasteiger partial charge in [-0.15, -0.1) is 0 Å². The van der Waals surface area contributed by atoms with Gasteiger partial charge in [0.15, 0.2) is 5.82 Å². The lowest BCUT2D eigenvalue weighted by Crippen LogP contribution is -2.48. The summed E-state index contributed by atoms with van der Waals surface area (Å²) in [4.78, 5) is 10.9. The van der Waals surface area contributed by atoms with Gasteiger partial charge in [-0.05, 0) is 19.4 Å². The van der Waals surface area contributed by atoms with Crippen LogP contribution in [0, 0.1) is 0 Å². The molecule has 3 rings (SSSR count). The molecule has 2 N–H and O–H groups in total. The van der Waals surface area contributed by atoms with E-state index in [1.54, 1.807) is 13.2 Å². The summed E-state index contributed by atoms with van der Waals surface area (Å²) in [5.41, 5.74) is 0. The zero-order valence-corrected chi connectivity index (χ0v) is 12.4. The molecule has 0 spiro atoms. The fraction of sp³-hybridized carbons (Fsp3) is 0.692. The van der Waals surface area contributed by atoms with Gasteiger partial charge in [0.25, 0.3) is 0 Å². The molecule has 2 fully saturated rings. The molecule has 3 heterocycles. The topological polar surface area (TPSA) is 62.3 Å². The first-order chi connectivity index (χ1) is 9.76. The van der Waals surface area contributed by atoms with Gasteiger partial charge in [-0.1, -0.05) is 11.6 Å². The Morgan fingerprint density at radius 2 is 2.45 bits per heavy atom. The number of hydrogen-bond donors (Lipinski definition) is 2. The van der Waals surface area contributed by atoms with Crippen molar-refractivity contribution in [3.63, 3.8) is 0 Å². The molecular weight excluding hydrogens is 278 g/mol. The highest BCUT2D eigenvalue weighted by molar-refractivity contribution is 6.32. The van der Waals surface area contributed by atoms with Crippen LogP contribution in [0.4, 0.5) is 11.8 Å². The van der Waals surface area contributed by atoms with Crippen LogP contribution in [0.5, 0.6) is 0 Å². The number of ether oxygens (including phenoxy) is 1. The van der Waals surface area contributed by atoms with Gasteiger partial charge in [-0.25, -0.2) is 4.98 Å². The maximum absolute atomic E-state index is 6.09. The number of hydrogen-bond acceptors (Lipinski definition) is 6. The number of nitrogens with zero attached hydrogens (tertiary/aromatic N) is 3. The average molecular weight is 298 g/mol. The molecule has 2 aliphatic heterocycles. The molecule has 0 aromatic carbocycles. The fourth-order valence-corrected chi connectivity index (χ4v) is 2.99. The predicted molar refractivity (Wildman–Crippen MR) is 79.4 cm³/mol. The van der Waals surface area contributed by atoms with Gasteiger partial charge in [0.2, 0.25) is 5.95 Å². The number of rotatable bonds is 4. The number of aromatic nitrogens is 2. The first-order valence-electron chi connectivity index (χ1n) is 7.06. The van der Waals surface area contributed by atoms with Crippen LogP contribution in [0.25, 0.3) is 0 Å². The van der Waals surface area contributed by atoms with Crippen molar-refractivity contribution in [1.29, 1.82) is 0 Å². The summed E-state index contributed by atoms with van der Waals surface area (Å²) >= 11 is 6.09. The minimum absolute atomic E-state index is 0.188. The van der Waals surface area contributed by atoms with E-state index in [1.165, 1.54) is 19.4 Å². The molecule has 2 aliphatic rings. The van der Waals surface area contributed by atoms with Crippen LogP contribution in [-0.2, 0) is 4.74 Å². The predicted octanol–water partition coefficient (Wildman–Crippen LogP) is 1.45. The molecule has 6 nitrogen and oxygen atoms in total. The first-order valence-corrected chi connectivity index (χ1v) is 7.44. The van der Waals surface area contributed by atoms with Crippen LogP contribution in [0.2, 0.25) is 5.02 Å². The second-order valence-electron chi connectivity index (χ2n) is 5.27. The molecule has 2 saturated heterocycles. The van der Waals surface area contributed by atoms with Crippen LogP contribution in [0.3, 0.4) is 0 Å². The summed E-state index contributed by atoms with van der Waals surface area (Å²) in [6, 6.07) is 0.629. The molecule has 0 aliphatic carbocycles. The van der Waals surface area contributed by atoms with Gasteiger partial charge >= 0.3 is 0 Å². The van der Waals surface area contributed by atoms with E-state index in [0.717, 1.165) is 13.2 Å². The Kier molecular flexibility index (Phi) is 4.24. The molecule has 0 bridgehead atoms. The van der Waals surface area contributed by atoms with Gasteiger partial charge in [0.1, 0.15) is 5.02 Å². The highest BCUT2D eigenvalue weighted by atomic mass is 35.5. The molecule has 1 aromatic rings. The Hall–Kier alpha value is -1.11. The van der Waals surface area contributed by atoms with Gasteiger partial charge in [0, 0.05) is 26.2 Å². The average Bonchev–Trinajstić information content (AvgIpc) is 2.94. The summed E-state index contributed by atoms with van der Waals surface area (Å²) in [5, 5.41) is 6.69. The molecule has 110 valence electrons. The Labute approximate surface area is 123 Å². The van der Waals surface area contributed by atoms with Crippen LogP contribution < -0.4 is 10.6 Å². The Morgan fingerprint density at radius 1 is 1.55 bits per heavy atom. The molecule has 20 heavy (non-hydrogen) atoms. The Morgan fingerprint density at radius 3 is 3.30 bits per heavy atom. The molecule has 2 atom stereocenters. The maximum Gasteiger partial charge on any atom is 0.224 e. The van der Waals surface area contributed by atoms with E-state index in [1.807, 2.05) is 0 Å². The molecule has 0 amide bonds. The molecule has 7 heteroatoms. The monoisotopic (exact) mass is 297 g/mol. The first kappa shape index (κ1) is 13.9. The minimum atomic E-state index is 0.188. The minimum Gasteiger partial charge on any atom is -0.373 e. The largest absolute Gasteiger partial charge is 0.373 e. The van der Waals surface area contributed by atoms with Gasteiger partial charge in [0.05, 0.1) is 18.9 Å². The summed E-state index contributed by atoms with van der Waals surface area (Å²) in [6.07, 6.45) is 4.34. The van der Waals surface area contributed by atoms with Gasteiger partial charge in [-0.3, -0.25) is 4.90 Å². The molecule has 2 unspecified atom stereocenters. The van der Waals surface area contributed by atoms with Crippen molar-refractivity contribution >= 4 is 23.4 Å². The SMILES string of the molecule is CNc1ncc(Cl)c(NCC2CN3CCCC3CO2)n1. The van der Waals surface area contributed by atoms with E-state index in [9.17, 15) is 0 Å². The summed E-state index contributed by atoms with van der Waals surface area (Å²) in [6.45, 7) is 3.73. The number of fused-ring (bicyclic) bond motifs is 1. The van der Waals surface area contributed by atoms with Crippen LogP contribution in [-0.4, -0.2) is 60.3 Å². The maximum atomic E-state index is 6.09. The number of morpholine rings is 1. The standard InChI is InChI=1S/C13H20ClN5O/c1-15-13-17-6-11(14)12(18-13)16-5-10-7-19-4-2-3-9(19)8-20-10/h6,9-10H,2-5,7-8H2,1H3,(H2,15,16,17,18). The lowest BCUT2D eigenvalue weighted by molar-refractivity contribution is -0.0416. The smallest absolute Gasteiger partial charge is 0.224 e. The van der Waals surface area contributed by atoms with Crippen molar-refractivity contribution in [2.24, 2.45) is 0 Å². The van der Waals surface area contributed by atoms with Crippen molar-refractivity contribution < 1.29 is 4.74 Å². The molecule has 0 saturated carbocycles. The van der Waals surface area contributed by atoms with E-state index in [0.29, 0.717) is 29.4 Å². The van der Waals surface area contributed by atoms with Crippen LogP contribution in [0.15, 0.2) is 6.20 Å². The Balaban J connectivity index is 1.56. The quantitative estimate of drug-likeness (QED) is 0.877.